The molecule has 7 nitrogen and oxygen atoms in total. The van der Waals surface area contributed by atoms with Gasteiger partial charge >= 0.3 is 0 Å². The second-order valence-corrected chi connectivity index (χ2v) is 3.03. The largest absolute Gasteiger partial charge is 0.395 e. The molecule has 0 unspecified atom stereocenters. The van der Waals surface area contributed by atoms with Crippen molar-refractivity contribution in [2.45, 2.75) is 0 Å². The lowest BCUT2D eigenvalue weighted by molar-refractivity contribution is 0.311. The second-order valence-electron chi connectivity index (χ2n) is 3.03. The Morgan fingerprint density at radius 3 is 2.80 bits per heavy atom. The van der Waals surface area contributed by atoms with E-state index in [9.17, 15) is 4.91 Å². The quantitative estimate of drug-likeness (QED) is 0.683. The molecule has 15 heavy (non-hydrogen) atoms. The van der Waals surface area contributed by atoms with Crippen LogP contribution >= 0.6 is 0 Å². The van der Waals surface area contributed by atoms with Gasteiger partial charge in [-0.15, -0.1) is 4.91 Å². The summed E-state index contributed by atoms with van der Waals surface area (Å²) >= 11 is 0. The third-order valence-electron chi connectivity index (χ3n) is 1.72. The topological polar surface area (TPSA) is 90.7 Å². The van der Waals surface area contributed by atoms with Crippen LogP contribution in [0.4, 0.5) is 17.3 Å². The molecule has 0 radical (unpaired) electrons. The highest BCUT2D eigenvalue weighted by Gasteiger charge is 2.13. The predicted molar refractivity (Wildman–Crippen MR) is 57.4 cm³/mol. The second kappa shape index (κ2) is 5.20. The maximum atomic E-state index is 10.7. The number of aromatic nitrogens is 2. The van der Waals surface area contributed by atoms with Gasteiger partial charge in [-0.1, -0.05) is 0 Å². The fourth-order valence-corrected chi connectivity index (χ4v) is 1.08. The normalized spacial score (nSPS) is 9.80. The molecule has 0 saturated heterocycles. The maximum Gasteiger partial charge on any atom is 0.192 e. The molecule has 2 N–H and O–H groups in total. The molecule has 0 fully saturated rings. The molecule has 0 spiro atoms. The van der Waals surface area contributed by atoms with E-state index in [1.165, 1.54) is 6.33 Å². The Morgan fingerprint density at radius 2 is 2.27 bits per heavy atom. The van der Waals surface area contributed by atoms with Gasteiger partial charge in [0.15, 0.2) is 17.3 Å². The molecule has 0 saturated carbocycles. The Hall–Kier alpha value is -1.76. The van der Waals surface area contributed by atoms with Crippen LogP contribution in [0.1, 0.15) is 0 Å². The van der Waals surface area contributed by atoms with Gasteiger partial charge in [0.1, 0.15) is 6.33 Å². The predicted octanol–water partition coefficient (Wildman–Crippen LogP) is 0.345. The Kier molecular flexibility index (Phi) is 3.92. The van der Waals surface area contributed by atoms with Gasteiger partial charge in [0.25, 0.3) is 0 Å². The fourth-order valence-electron chi connectivity index (χ4n) is 1.08. The zero-order valence-corrected chi connectivity index (χ0v) is 8.64. The summed E-state index contributed by atoms with van der Waals surface area (Å²) in [5.74, 6) is 0.776. The summed E-state index contributed by atoms with van der Waals surface area (Å²) in [6.07, 6.45) is 1.34. The first-order valence-electron chi connectivity index (χ1n) is 4.41. The molecule has 1 heterocycles. The summed E-state index contributed by atoms with van der Waals surface area (Å²) in [4.78, 5) is 20.1. The summed E-state index contributed by atoms with van der Waals surface area (Å²) in [5, 5.41) is 14.3. The van der Waals surface area contributed by atoms with Crippen molar-refractivity contribution < 1.29 is 5.11 Å². The van der Waals surface area contributed by atoms with Gasteiger partial charge in [0.2, 0.25) is 0 Å². The standard InChI is InChI=1S/C8H13N5O2/c1-13(2)8-6(12-15)7(9-3-4-14)10-5-11-8/h5,14H,3-4H2,1-2H3,(H,9,10,11). The minimum atomic E-state index is -0.0421. The lowest BCUT2D eigenvalue weighted by Gasteiger charge is -2.14. The van der Waals surface area contributed by atoms with Gasteiger partial charge in [-0.05, 0) is 5.18 Å². The monoisotopic (exact) mass is 211 g/mol. The number of hydrogen-bond acceptors (Lipinski definition) is 7. The average molecular weight is 211 g/mol. The van der Waals surface area contributed by atoms with Crippen molar-refractivity contribution in [1.29, 1.82) is 0 Å². The van der Waals surface area contributed by atoms with Crippen molar-refractivity contribution in [2.24, 2.45) is 5.18 Å². The lowest BCUT2D eigenvalue weighted by Crippen LogP contribution is -2.13. The van der Waals surface area contributed by atoms with Crippen molar-refractivity contribution in [2.75, 3.05) is 37.5 Å². The molecule has 0 amide bonds. The summed E-state index contributed by atoms with van der Waals surface area (Å²) < 4.78 is 0. The van der Waals surface area contributed by atoms with Gasteiger partial charge in [0.05, 0.1) is 6.61 Å². The average Bonchev–Trinajstić information content (AvgIpc) is 2.25. The van der Waals surface area contributed by atoms with Crippen molar-refractivity contribution in [1.82, 2.24) is 9.97 Å². The van der Waals surface area contributed by atoms with E-state index in [2.05, 4.69) is 20.5 Å². The summed E-state index contributed by atoms with van der Waals surface area (Å²) in [7, 11) is 3.51. The Bertz CT molecular complexity index is 342. The van der Waals surface area contributed by atoms with E-state index in [4.69, 9.17) is 5.11 Å². The zero-order valence-electron chi connectivity index (χ0n) is 8.64. The molecule has 0 aliphatic rings. The molecule has 1 aromatic rings. The maximum absolute atomic E-state index is 10.7. The van der Waals surface area contributed by atoms with Crippen molar-refractivity contribution in [3.8, 4) is 0 Å². The first-order valence-corrected chi connectivity index (χ1v) is 4.41. The van der Waals surface area contributed by atoms with Crippen LogP contribution in [0.25, 0.3) is 0 Å². The third kappa shape index (κ3) is 2.59. The van der Waals surface area contributed by atoms with Crippen LogP contribution in [-0.2, 0) is 0 Å². The van der Waals surface area contributed by atoms with E-state index in [-0.39, 0.29) is 12.3 Å². The Balaban J connectivity index is 3.04. The molecular weight excluding hydrogens is 198 g/mol. The molecular formula is C8H13N5O2. The number of nitroso groups, excluding NO2 is 1. The fraction of sp³-hybridized carbons (Fsp3) is 0.500. The van der Waals surface area contributed by atoms with E-state index in [1.807, 2.05) is 0 Å². The van der Waals surface area contributed by atoms with Gasteiger partial charge in [0, 0.05) is 20.6 Å². The van der Waals surface area contributed by atoms with Crippen molar-refractivity contribution in [3.63, 3.8) is 0 Å². The van der Waals surface area contributed by atoms with Gasteiger partial charge in [-0.3, -0.25) is 0 Å². The van der Waals surface area contributed by atoms with Crippen LogP contribution in [0, 0.1) is 4.91 Å². The Labute approximate surface area is 87.1 Å². The number of rotatable bonds is 5. The molecule has 0 aliphatic heterocycles. The van der Waals surface area contributed by atoms with Crippen LogP contribution in [0.15, 0.2) is 11.5 Å². The highest BCUT2D eigenvalue weighted by Crippen LogP contribution is 2.30. The highest BCUT2D eigenvalue weighted by molar-refractivity contribution is 5.73. The van der Waals surface area contributed by atoms with Gasteiger partial charge < -0.3 is 15.3 Å². The molecule has 0 aliphatic carbocycles. The first kappa shape index (κ1) is 11.3. The number of nitrogens with one attached hydrogen (secondary N) is 1. The number of aliphatic hydroxyl groups excluding tert-OH is 1. The summed E-state index contributed by atoms with van der Waals surface area (Å²) in [6, 6.07) is 0. The molecule has 7 heteroatoms. The van der Waals surface area contributed by atoms with E-state index in [1.54, 1.807) is 19.0 Å². The highest BCUT2D eigenvalue weighted by atomic mass is 16.3. The molecule has 0 atom stereocenters. The SMILES string of the molecule is CN(C)c1ncnc(NCCO)c1N=O. The van der Waals surface area contributed by atoms with E-state index >= 15 is 0 Å². The molecule has 82 valence electrons. The van der Waals surface area contributed by atoms with Gasteiger partial charge in [-0.25, -0.2) is 9.97 Å². The number of aliphatic hydroxyl groups is 1. The van der Waals surface area contributed by atoms with Crippen molar-refractivity contribution in [3.05, 3.63) is 11.2 Å². The summed E-state index contributed by atoms with van der Waals surface area (Å²) in [5.41, 5.74) is 0.149. The van der Waals surface area contributed by atoms with E-state index < -0.39 is 0 Å². The first-order chi connectivity index (χ1) is 7.20. The van der Waals surface area contributed by atoms with Crippen LogP contribution in [0.2, 0.25) is 0 Å². The molecule has 0 bridgehead atoms. The summed E-state index contributed by atoms with van der Waals surface area (Å²) in [6.45, 7) is 0.270. The smallest absolute Gasteiger partial charge is 0.192 e. The van der Waals surface area contributed by atoms with Crippen LogP contribution in [-0.4, -0.2) is 42.3 Å². The number of anilines is 2. The van der Waals surface area contributed by atoms with Crippen LogP contribution in [0.5, 0.6) is 0 Å². The minimum Gasteiger partial charge on any atom is -0.395 e. The lowest BCUT2D eigenvalue weighted by atomic mass is 10.4. The zero-order chi connectivity index (χ0) is 11.3. The Morgan fingerprint density at radius 1 is 1.53 bits per heavy atom. The molecule has 1 aromatic heterocycles. The van der Waals surface area contributed by atoms with Crippen molar-refractivity contribution >= 4 is 17.3 Å². The molecule has 1 rings (SSSR count). The number of hydrogen-bond donors (Lipinski definition) is 2. The third-order valence-corrected chi connectivity index (χ3v) is 1.72. The minimum absolute atomic E-state index is 0.0421. The van der Waals surface area contributed by atoms with Gasteiger partial charge in [-0.2, -0.15) is 0 Å². The van der Waals surface area contributed by atoms with Crippen LogP contribution < -0.4 is 10.2 Å². The van der Waals surface area contributed by atoms with Crippen LogP contribution in [0.3, 0.4) is 0 Å². The molecule has 0 aromatic carbocycles. The number of nitrogens with zero attached hydrogens (tertiary/aromatic N) is 4. The van der Waals surface area contributed by atoms with E-state index in [0.717, 1.165) is 0 Å². The van der Waals surface area contributed by atoms with E-state index in [0.29, 0.717) is 18.2 Å².